The zero-order valence-electron chi connectivity index (χ0n) is 13.1. The number of hydrogen-bond donors (Lipinski definition) is 1. The van der Waals surface area contributed by atoms with E-state index >= 15 is 0 Å². The molecule has 0 aliphatic rings. The third kappa shape index (κ3) is 3.16. The van der Waals surface area contributed by atoms with Crippen LogP contribution in [0.3, 0.4) is 0 Å². The maximum atomic E-state index is 12.5. The van der Waals surface area contributed by atoms with Crippen LogP contribution >= 0.6 is 23.8 Å². The van der Waals surface area contributed by atoms with Gasteiger partial charge >= 0.3 is 6.61 Å². The van der Waals surface area contributed by atoms with E-state index in [4.69, 9.17) is 29.6 Å². The summed E-state index contributed by atoms with van der Waals surface area (Å²) in [6.45, 7) is 2.66. The number of nitrogens with two attached hydrogens (primary N) is 1. The first-order valence-electron chi connectivity index (χ1n) is 6.73. The Morgan fingerprint density at radius 3 is 2.48 bits per heavy atom. The minimum Gasteiger partial charge on any atom is -0.416 e. The average Bonchev–Trinajstić information content (AvgIpc) is 2.70. The van der Waals surface area contributed by atoms with Gasteiger partial charge in [-0.3, -0.25) is 0 Å². The second-order valence-corrected chi connectivity index (χ2v) is 6.02. The van der Waals surface area contributed by atoms with Crippen molar-refractivity contribution in [2.24, 2.45) is 12.8 Å². The molecule has 0 radical (unpaired) electrons. The molecule has 0 aliphatic carbocycles. The number of aryl methyl sites for hydroxylation is 2. The molecule has 0 amide bonds. The molecule has 23 heavy (non-hydrogen) atoms. The van der Waals surface area contributed by atoms with Crippen molar-refractivity contribution in [3.8, 4) is 17.1 Å². The molecule has 0 bridgehead atoms. The van der Waals surface area contributed by atoms with Crippen LogP contribution in [-0.2, 0) is 7.05 Å². The van der Waals surface area contributed by atoms with Crippen LogP contribution in [0.1, 0.15) is 22.3 Å². The van der Waals surface area contributed by atoms with Crippen molar-refractivity contribution in [3.05, 3.63) is 33.3 Å². The summed E-state index contributed by atoms with van der Waals surface area (Å²) in [5, 5.41) is 4.28. The maximum Gasteiger partial charge on any atom is 0.388 e. The fraction of sp³-hybridized carbons (Fsp3) is 0.333. The SMILES string of the molecule is Cc1cc(C(N)=S)c(C)c(C)c1-c1nn(C)c(OC(F)F)c1Cl. The summed E-state index contributed by atoms with van der Waals surface area (Å²) < 4.78 is 30.7. The van der Waals surface area contributed by atoms with E-state index in [9.17, 15) is 8.78 Å². The first-order valence-corrected chi connectivity index (χ1v) is 7.52. The van der Waals surface area contributed by atoms with Crippen LogP contribution in [0.4, 0.5) is 8.78 Å². The van der Waals surface area contributed by atoms with Gasteiger partial charge < -0.3 is 10.5 Å². The molecule has 4 nitrogen and oxygen atoms in total. The smallest absolute Gasteiger partial charge is 0.388 e. The van der Waals surface area contributed by atoms with E-state index in [0.29, 0.717) is 10.7 Å². The van der Waals surface area contributed by atoms with Crippen LogP contribution < -0.4 is 10.5 Å². The van der Waals surface area contributed by atoms with Gasteiger partial charge in [-0.05, 0) is 43.5 Å². The molecule has 0 spiro atoms. The van der Waals surface area contributed by atoms with Crippen LogP contribution in [0.2, 0.25) is 5.02 Å². The van der Waals surface area contributed by atoms with Gasteiger partial charge in [-0.25, -0.2) is 4.68 Å². The molecular weight excluding hydrogens is 344 g/mol. The number of aromatic nitrogens is 2. The lowest BCUT2D eigenvalue weighted by molar-refractivity contribution is -0.0552. The Hall–Kier alpha value is -1.73. The third-order valence-electron chi connectivity index (χ3n) is 3.74. The predicted molar refractivity (Wildman–Crippen MR) is 90.4 cm³/mol. The number of benzene rings is 1. The largest absolute Gasteiger partial charge is 0.416 e. The highest BCUT2D eigenvalue weighted by Gasteiger charge is 2.23. The zero-order valence-corrected chi connectivity index (χ0v) is 14.6. The Morgan fingerprint density at radius 1 is 1.35 bits per heavy atom. The lowest BCUT2D eigenvalue weighted by Gasteiger charge is -2.15. The van der Waals surface area contributed by atoms with Gasteiger partial charge in [-0.15, -0.1) is 0 Å². The van der Waals surface area contributed by atoms with Gasteiger partial charge in [-0.1, -0.05) is 23.8 Å². The van der Waals surface area contributed by atoms with Gasteiger partial charge in [0.2, 0.25) is 5.88 Å². The highest BCUT2D eigenvalue weighted by atomic mass is 35.5. The highest BCUT2D eigenvalue weighted by Crippen LogP contribution is 2.39. The molecule has 2 aromatic rings. The van der Waals surface area contributed by atoms with Crippen molar-refractivity contribution < 1.29 is 13.5 Å². The van der Waals surface area contributed by atoms with Crippen LogP contribution in [0.15, 0.2) is 6.07 Å². The van der Waals surface area contributed by atoms with Gasteiger partial charge in [0.1, 0.15) is 15.7 Å². The minimum atomic E-state index is -2.98. The predicted octanol–water partition coefficient (Wildman–Crippen LogP) is 3.90. The Balaban J connectivity index is 2.69. The summed E-state index contributed by atoms with van der Waals surface area (Å²) in [5.74, 6) is -0.174. The number of thiocarbonyl (C=S) groups is 1. The van der Waals surface area contributed by atoms with E-state index in [1.54, 1.807) is 0 Å². The quantitative estimate of drug-likeness (QED) is 0.841. The number of hydrogen-bond acceptors (Lipinski definition) is 3. The van der Waals surface area contributed by atoms with Crippen molar-refractivity contribution in [1.82, 2.24) is 9.78 Å². The Labute approximate surface area is 143 Å². The molecule has 2 rings (SSSR count). The normalized spacial score (nSPS) is 11.1. The summed E-state index contributed by atoms with van der Waals surface area (Å²) in [7, 11) is 1.49. The molecule has 0 atom stereocenters. The summed E-state index contributed by atoms with van der Waals surface area (Å²) in [5.41, 5.74) is 10.3. The molecule has 0 saturated heterocycles. The first-order chi connectivity index (χ1) is 10.6. The van der Waals surface area contributed by atoms with Gasteiger partial charge in [0.05, 0.1) is 0 Å². The number of rotatable bonds is 4. The molecule has 0 unspecified atom stereocenters. The second kappa shape index (κ2) is 6.41. The number of alkyl halides is 2. The zero-order chi connectivity index (χ0) is 17.5. The van der Waals surface area contributed by atoms with Crippen LogP contribution in [0.5, 0.6) is 5.88 Å². The molecule has 1 aromatic carbocycles. The lowest BCUT2D eigenvalue weighted by Crippen LogP contribution is -2.13. The summed E-state index contributed by atoms with van der Waals surface area (Å²) in [6, 6.07) is 1.85. The molecule has 0 fully saturated rings. The fourth-order valence-electron chi connectivity index (χ4n) is 2.56. The number of ether oxygens (including phenoxy) is 1. The summed E-state index contributed by atoms with van der Waals surface area (Å²) in [4.78, 5) is 0.300. The van der Waals surface area contributed by atoms with Crippen LogP contribution in [-0.4, -0.2) is 21.4 Å². The summed E-state index contributed by atoms with van der Waals surface area (Å²) >= 11 is 11.3. The van der Waals surface area contributed by atoms with E-state index in [-0.39, 0.29) is 10.9 Å². The highest BCUT2D eigenvalue weighted by molar-refractivity contribution is 7.80. The van der Waals surface area contributed by atoms with E-state index in [1.807, 2.05) is 26.8 Å². The van der Waals surface area contributed by atoms with Crippen molar-refractivity contribution in [1.29, 1.82) is 0 Å². The van der Waals surface area contributed by atoms with Crippen molar-refractivity contribution in [3.63, 3.8) is 0 Å². The van der Waals surface area contributed by atoms with E-state index < -0.39 is 6.61 Å². The summed E-state index contributed by atoms with van der Waals surface area (Å²) in [6.07, 6.45) is 0. The molecule has 124 valence electrons. The van der Waals surface area contributed by atoms with E-state index in [0.717, 1.165) is 27.8 Å². The standard InChI is InChI=1S/C15H16ClF2N3OS/c1-6-5-9(13(19)23)7(2)8(3)10(6)12-11(16)14(21(4)20-12)22-15(17)18/h5,15H,1-4H3,(H2,19,23). The van der Waals surface area contributed by atoms with E-state index in [2.05, 4.69) is 9.84 Å². The Morgan fingerprint density at radius 2 is 1.96 bits per heavy atom. The molecule has 8 heteroatoms. The van der Waals surface area contributed by atoms with Crippen molar-refractivity contribution in [2.45, 2.75) is 27.4 Å². The molecule has 0 aliphatic heterocycles. The third-order valence-corrected chi connectivity index (χ3v) is 4.30. The van der Waals surface area contributed by atoms with Crippen LogP contribution in [0.25, 0.3) is 11.3 Å². The maximum absolute atomic E-state index is 12.5. The number of nitrogens with zero attached hydrogens (tertiary/aromatic N) is 2. The lowest BCUT2D eigenvalue weighted by atomic mass is 9.92. The molecular formula is C15H16ClF2N3OS. The fourth-order valence-corrected chi connectivity index (χ4v) is 3.07. The minimum absolute atomic E-state index is 0.0430. The monoisotopic (exact) mass is 359 g/mol. The Bertz CT molecular complexity index is 790. The van der Waals surface area contributed by atoms with Crippen molar-refractivity contribution in [2.75, 3.05) is 0 Å². The Kier molecular flexibility index (Phi) is 4.91. The molecule has 1 aromatic heterocycles. The second-order valence-electron chi connectivity index (χ2n) is 5.20. The van der Waals surface area contributed by atoms with E-state index in [1.165, 1.54) is 11.7 Å². The molecule has 0 saturated carbocycles. The molecule has 2 N–H and O–H groups in total. The van der Waals surface area contributed by atoms with Gasteiger partial charge in [-0.2, -0.15) is 13.9 Å². The number of halogens is 3. The van der Waals surface area contributed by atoms with Gasteiger partial charge in [0.25, 0.3) is 0 Å². The van der Waals surface area contributed by atoms with Crippen LogP contribution in [0, 0.1) is 20.8 Å². The van der Waals surface area contributed by atoms with Gasteiger partial charge in [0, 0.05) is 18.2 Å². The average molecular weight is 360 g/mol. The topological polar surface area (TPSA) is 53.1 Å². The van der Waals surface area contributed by atoms with Crippen molar-refractivity contribution >= 4 is 28.8 Å². The first kappa shape index (κ1) is 17.6. The molecule has 1 heterocycles. The van der Waals surface area contributed by atoms with Gasteiger partial charge in [0.15, 0.2) is 0 Å².